The van der Waals surface area contributed by atoms with Gasteiger partial charge in [0.2, 0.25) is 0 Å². The summed E-state index contributed by atoms with van der Waals surface area (Å²) < 4.78 is 11.4. The molecular weight excluding hydrogens is 476 g/mol. The normalized spacial score (nSPS) is 17.1. The van der Waals surface area contributed by atoms with Gasteiger partial charge in [-0.05, 0) is 61.4 Å². The van der Waals surface area contributed by atoms with E-state index in [4.69, 9.17) is 9.47 Å². The van der Waals surface area contributed by atoms with E-state index in [-0.39, 0.29) is 11.3 Å². The van der Waals surface area contributed by atoms with Crippen LogP contribution in [0.2, 0.25) is 0 Å². The average molecular weight is 501 g/mol. The predicted octanol–water partition coefficient (Wildman–Crippen LogP) is 5.56. The Morgan fingerprint density at radius 2 is 1.64 bits per heavy atom. The molecule has 182 valence electrons. The number of hydrogen-bond donors (Lipinski definition) is 1. The van der Waals surface area contributed by atoms with Gasteiger partial charge in [0.1, 0.15) is 17.3 Å². The number of Topliss-reactive ketones (excluding diaryl/α,β-unsaturated/α-hetero) is 1. The van der Waals surface area contributed by atoms with Gasteiger partial charge in [-0.3, -0.25) is 14.5 Å². The largest absolute Gasteiger partial charge is 0.507 e. The molecule has 4 aromatic rings. The maximum absolute atomic E-state index is 13.5. The number of anilines is 1. The molecule has 0 spiro atoms. The van der Waals surface area contributed by atoms with Gasteiger partial charge < -0.3 is 14.6 Å². The Kier molecular flexibility index (Phi) is 5.97. The summed E-state index contributed by atoms with van der Waals surface area (Å²) in [5.41, 5.74) is 3.60. The number of aliphatic hydroxyl groups is 1. The number of methoxy groups -OCH3 is 2. The summed E-state index contributed by atoms with van der Waals surface area (Å²) in [5.74, 6) is -0.404. The fourth-order valence-electron chi connectivity index (χ4n) is 4.39. The van der Waals surface area contributed by atoms with Crippen LogP contribution in [0.4, 0.5) is 5.13 Å². The van der Waals surface area contributed by atoms with Gasteiger partial charge in [-0.25, -0.2) is 4.98 Å². The monoisotopic (exact) mass is 500 g/mol. The van der Waals surface area contributed by atoms with Gasteiger partial charge in [-0.2, -0.15) is 0 Å². The highest BCUT2D eigenvalue weighted by atomic mass is 32.1. The van der Waals surface area contributed by atoms with Crippen molar-refractivity contribution in [2.45, 2.75) is 19.9 Å². The first-order valence-corrected chi connectivity index (χ1v) is 12.1. The average Bonchev–Trinajstić information content (AvgIpc) is 3.42. The Hall–Kier alpha value is -4.17. The number of amides is 1. The lowest BCUT2D eigenvalue weighted by atomic mass is 9.93. The molecule has 1 atom stereocenters. The van der Waals surface area contributed by atoms with Crippen LogP contribution in [-0.2, 0) is 9.59 Å². The van der Waals surface area contributed by atoms with Crippen LogP contribution in [-0.4, -0.2) is 36.0 Å². The molecule has 1 N–H and O–H groups in total. The highest BCUT2D eigenvalue weighted by molar-refractivity contribution is 7.22. The zero-order chi connectivity index (χ0) is 25.6. The summed E-state index contributed by atoms with van der Waals surface area (Å²) in [7, 11) is 3.15. The molecule has 1 aromatic heterocycles. The number of fused-ring (bicyclic) bond motifs is 1. The lowest BCUT2D eigenvalue weighted by Gasteiger charge is -2.23. The highest BCUT2D eigenvalue weighted by Crippen LogP contribution is 2.45. The molecule has 2 heterocycles. The molecule has 8 heteroatoms. The molecule has 36 heavy (non-hydrogen) atoms. The number of carbonyl (C=O) groups excluding carboxylic acids is 2. The van der Waals surface area contributed by atoms with E-state index in [1.54, 1.807) is 44.6 Å². The third-order valence-electron chi connectivity index (χ3n) is 6.31. The van der Waals surface area contributed by atoms with E-state index in [1.807, 2.05) is 44.2 Å². The molecule has 1 unspecified atom stereocenters. The number of aliphatic hydroxyl groups excluding tert-OH is 1. The number of ketones is 1. The predicted molar refractivity (Wildman–Crippen MR) is 140 cm³/mol. The molecule has 1 saturated heterocycles. The van der Waals surface area contributed by atoms with Crippen LogP contribution in [0.15, 0.2) is 66.2 Å². The first-order chi connectivity index (χ1) is 17.3. The van der Waals surface area contributed by atoms with Crippen molar-refractivity contribution in [3.8, 4) is 11.5 Å². The van der Waals surface area contributed by atoms with Gasteiger partial charge in [0.15, 0.2) is 5.13 Å². The summed E-state index contributed by atoms with van der Waals surface area (Å²) >= 11 is 1.28. The number of rotatable bonds is 5. The number of carbonyl (C=O) groups is 2. The number of aryl methyl sites for hydroxylation is 2. The number of nitrogens with zero attached hydrogens (tertiary/aromatic N) is 2. The van der Waals surface area contributed by atoms with Crippen LogP contribution >= 0.6 is 11.3 Å². The van der Waals surface area contributed by atoms with Crippen molar-refractivity contribution in [2.75, 3.05) is 19.1 Å². The highest BCUT2D eigenvalue weighted by Gasteiger charge is 2.48. The standard InChI is InChI=1S/C28H24N2O5S/c1-15-5-6-16(2)20(13-15)25(31)23-24(17-7-9-18(34-3)10-8-17)30(27(33)26(23)32)28-29-21-12-11-19(35-4)14-22(21)36-28/h5-14,24,31H,1-4H3/b25-23+. The number of ether oxygens (including phenoxy) is 2. The molecule has 0 aliphatic carbocycles. The van der Waals surface area contributed by atoms with Crippen LogP contribution < -0.4 is 14.4 Å². The Bertz CT molecular complexity index is 1540. The van der Waals surface area contributed by atoms with E-state index in [1.165, 1.54) is 16.2 Å². The lowest BCUT2D eigenvalue weighted by molar-refractivity contribution is -0.132. The second-order valence-electron chi connectivity index (χ2n) is 8.59. The quantitative estimate of drug-likeness (QED) is 0.219. The van der Waals surface area contributed by atoms with Crippen molar-refractivity contribution in [3.63, 3.8) is 0 Å². The Balaban J connectivity index is 1.73. The van der Waals surface area contributed by atoms with Gasteiger partial charge in [-0.1, -0.05) is 41.2 Å². The zero-order valence-corrected chi connectivity index (χ0v) is 21.1. The fourth-order valence-corrected chi connectivity index (χ4v) is 5.41. The fraction of sp³-hybridized carbons (Fsp3) is 0.179. The summed E-state index contributed by atoms with van der Waals surface area (Å²) in [6, 6.07) is 17.3. The van der Waals surface area contributed by atoms with Gasteiger partial charge in [-0.15, -0.1) is 0 Å². The van der Waals surface area contributed by atoms with Crippen molar-refractivity contribution in [1.29, 1.82) is 0 Å². The summed E-state index contributed by atoms with van der Waals surface area (Å²) in [6.45, 7) is 3.76. The number of aromatic nitrogens is 1. The maximum Gasteiger partial charge on any atom is 0.301 e. The molecule has 7 nitrogen and oxygen atoms in total. The topological polar surface area (TPSA) is 89.0 Å². The smallest absolute Gasteiger partial charge is 0.301 e. The molecule has 1 aliphatic rings. The molecule has 0 bridgehead atoms. The minimum absolute atomic E-state index is 0.0238. The number of thiazole rings is 1. The molecule has 1 fully saturated rings. The second-order valence-corrected chi connectivity index (χ2v) is 9.60. The minimum Gasteiger partial charge on any atom is -0.507 e. The molecular formula is C28H24N2O5S. The van der Waals surface area contributed by atoms with E-state index in [9.17, 15) is 14.7 Å². The molecule has 1 aliphatic heterocycles. The molecule has 0 saturated carbocycles. The van der Waals surface area contributed by atoms with Crippen LogP contribution in [0.5, 0.6) is 11.5 Å². The van der Waals surface area contributed by atoms with Crippen molar-refractivity contribution < 1.29 is 24.2 Å². The molecule has 3 aromatic carbocycles. The van der Waals surface area contributed by atoms with Gasteiger partial charge in [0.05, 0.1) is 36.1 Å². The van der Waals surface area contributed by atoms with Crippen molar-refractivity contribution in [3.05, 3.63) is 88.5 Å². The van der Waals surface area contributed by atoms with Gasteiger partial charge in [0.25, 0.3) is 5.78 Å². The third-order valence-corrected chi connectivity index (χ3v) is 7.33. The minimum atomic E-state index is -0.863. The molecule has 0 radical (unpaired) electrons. The molecule has 5 rings (SSSR count). The maximum atomic E-state index is 13.5. The summed E-state index contributed by atoms with van der Waals surface area (Å²) in [5, 5.41) is 11.8. The Morgan fingerprint density at radius 1 is 0.944 bits per heavy atom. The van der Waals surface area contributed by atoms with Gasteiger partial charge >= 0.3 is 5.91 Å². The van der Waals surface area contributed by atoms with Crippen molar-refractivity contribution >= 4 is 44.1 Å². The second kappa shape index (κ2) is 9.13. The summed E-state index contributed by atoms with van der Waals surface area (Å²) in [4.78, 5) is 32.9. The first-order valence-electron chi connectivity index (χ1n) is 11.3. The van der Waals surface area contributed by atoms with Crippen molar-refractivity contribution in [2.24, 2.45) is 0 Å². The molecule has 1 amide bonds. The Labute approximate surface area is 212 Å². The van der Waals surface area contributed by atoms with E-state index < -0.39 is 17.7 Å². The number of hydrogen-bond acceptors (Lipinski definition) is 7. The Morgan fingerprint density at radius 3 is 2.33 bits per heavy atom. The van der Waals surface area contributed by atoms with Crippen LogP contribution in [0.25, 0.3) is 16.0 Å². The van der Waals surface area contributed by atoms with Crippen LogP contribution in [0.1, 0.15) is 28.3 Å². The SMILES string of the molecule is COc1ccc(C2/C(=C(\O)c3cc(C)ccc3C)C(=O)C(=O)N2c2nc3ccc(OC)cc3s2)cc1. The number of benzene rings is 3. The lowest BCUT2D eigenvalue weighted by Crippen LogP contribution is -2.29. The van der Waals surface area contributed by atoms with Crippen LogP contribution in [0, 0.1) is 13.8 Å². The van der Waals surface area contributed by atoms with Crippen LogP contribution in [0.3, 0.4) is 0 Å². The van der Waals surface area contributed by atoms with Crippen molar-refractivity contribution in [1.82, 2.24) is 4.98 Å². The zero-order valence-electron chi connectivity index (χ0n) is 20.2. The van der Waals surface area contributed by atoms with E-state index in [0.29, 0.717) is 33.3 Å². The summed E-state index contributed by atoms with van der Waals surface area (Å²) in [6.07, 6.45) is 0. The van der Waals surface area contributed by atoms with Gasteiger partial charge in [0, 0.05) is 5.56 Å². The third kappa shape index (κ3) is 3.89. The first kappa shape index (κ1) is 23.6. The van der Waals surface area contributed by atoms with E-state index in [2.05, 4.69) is 4.98 Å². The van der Waals surface area contributed by atoms with E-state index in [0.717, 1.165) is 15.8 Å². The van der Waals surface area contributed by atoms with E-state index >= 15 is 0 Å².